The third kappa shape index (κ3) is 3.74. The first-order chi connectivity index (χ1) is 11.2. The lowest BCUT2D eigenvalue weighted by Gasteiger charge is -2.01. The number of nitrogens with zero attached hydrogens (tertiary/aromatic N) is 4. The lowest BCUT2D eigenvalue weighted by atomic mass is 10.3. The number of nitrogens with one attached hydrogen (secondary N) is 1. The van der Waals surface area contributed by atoms with Gasteiger partial charge in [-0.15, -0.1) is 11.3 Å². The highest BCUT2D eigenvalue weighted by Crippen LogP contribution is 2.26. The molecule has 1 N–H and O–H groups in total. The fraction of sp³-hybridized carbons (Fsp3) is 0.286. The average molecular weight is 366 g/mol. The molecule has 3 rings (SSSR count). The molecule has 0 bridgehead atoms. The zero-order valence-corrected chi connectivity index (χ0v) is 15.1. The van der Waals surface area contributed by atoms with Gasteiger partial charge in [-0.2, -0.15) is 5.10 Å². The van der Waals surface area contributed by atoms with Crippen LogP contribution in [-0.2, 0) is 13.6 Å². The number of hydrogen-bond donors (Lipinski definition) is 1. The molecule has 0 aliphatic heterocycles. The molecule has 0 unspecified atom stereocenters. The fourth-order valence-electron chi connectivity index (χ4n) is 2.03. The highest BCUT2D eigenvalue weighted by molar-refractivity contribution is 8.00. The molecule has 0 aliphatic carbocycles. The summed E-state index contributed by atoms with van der Waals surface area (Å²) in [5, 5.41) is 5.85. The molecule has 0 aliphatic rings. The molecule has 0 aromatic carbocycles. The first-order valence-corrected chi connectivity index (χ1v) is 9.85. The molecule has 3 aromatic heterocycles. The van der Waals surface area contributed by atoms with Crippen LogP contribution in [-0.4, -0.2) is 37.5 Å². The lowest BCUT2D eigenvalue weighted by Crippen LogP contribution is -2.01. The van der Waals surface area contributed by atoms with Gasteiger partial charge in [0, 0.05) is 18.5 Å². The maximum absolute atomic E-state index is 12.3. The molecule has 9 heteroatoms. The topological polar surface area (TPSA) is 72.7 Å². The number of ketones is 1. The summed E-state index contributed by atoms with van der Waals surface area (Å²) in [6.45, 7) is 0.772. The highest BCUT2D eigenvalue weighted by atomic mass is 32.2. The monoisotopic (exact) mass is 365 g/mol. The van der Waals surface area contributed by atoms with Gasteiger partial charge in [0.25, 0.3) is 0 Å². The van der Waals surface area contributed by atoms with E-state index >= 15 is 0 Å². The van der Waals surface area contributed by atoms with Crippen molar-refractivity contribution in [3.8, 4) is 0 Å². The van der Waals surface area contributed by atoms with E-state index in [0.717, 1.165) is 32.4 Å². The van der Waals surface area contributed by atoms with E-state index in [0.29, 0.717) is 5.75 Å². The minimum Gasteiger partial charge on any atom is -0.292 e. The van der Waals surface area contributed by atoms with Crippen LogP contribution in [0.2, 0.25) is 0 Å². The Morgan fingerprint density at radius 3 is 3.09 bits per heavy atom. The lowest BCUT2D eigenvalue weighted by molar-refractivity contribution is 0.102. The zero-order valence-electron chi connectivity index (χ0n) is 12.6. The molecule has 0 spiro atoms. The number of carbonyl (C=O) groups is 1. The van der Waals surface area contributed by atoms with Crippen molar-refractivity contribution in [3.05, 3.63) is 34.4 Å². The number of Topliss-reactive ketones (excluding diaryl/α,β-unsaturated/α-hetero) is 1. The normalized spacial score (nSPS) is 11.2. The summed E-state index contributed by atoms with van der Waals surface area (Å²) < 4.78 is 4.88. The van der Waals surface area contributed by atoms with Gasteiger partial charge >= 0.3 is 0 Å². The van der Waals surface area contributed by atoms with E-state index in [1.165, 1.54) is 29.4 Å². The van der Waals surface area contributed by atoms with Gasteiger partial charge in [0.05, 0.1) is 22.2 Å². The molecule has 6 nitrogen and oxygen atoms in total. The number of aryl methyl sites for hydroxylation is 1. The predicted molar refractivity (Wildman–Crippen MR) is 96.0 cm³/mol. The Morgan fingerprint density at radius 2 is 2.26 bits per heavy atom. The van der Waals surface area contributed by atoms with E-state index in [1.807, 2.05) is 25.4 Å². The number of rotatable bonds is 7. The molecule has 120 valence electrons. The summed E-state index contributed by atoms with van der Waals surface area (Å²) >= 11 is 4.53. The first-order valence-electron chi connectivity index (χ1n) is 6.82. The number of fused-ring (bicyclic) bond motifs is 1. The van der Waals surface area contributed by atoms with Gasteiger partial charge < -0.3 is 0 Å². The average Bonchev–Trinajstić information content (AvgIpc) is 3.18. The molecular weight excluding hydrogens is 350 g/mol. The van der Waals surface area contributed by atoms with Crippen molar-refractivity contribution >= 4 is 51.9 Å². The van der Waals surface area contributed by atoms with Crippen molar-refractivity contribution in [2.75, 3.05) is 12.0 Å². The molecule has 0 atom stereocenters. The van der Waals surface area contributed by atoms with Crippen LogP contribution in [0.3, 0.4) is 0 Å². The molecule has 0 saturated heterocycles. The van der Waals surface area contributed by atoms with Crippen molar-refractivity contribution in [2.24, 2.45) is 7.05 Å². The van der Waals surface area contributed by atoms with E-state index in [4.69, 9.17) is 0 Å². The number of thiophene rings is 1. The Hall–Kier alpha value is -1.42. The Morgan fingerprint density at radius 1 is 1.39 bits per heavy atom. The quantitative estimate of drug-likeness (QED) is 0.299. The van der Waals surface area contributed by atoms with Crippen LogP contribution in [0, 0.1) is 0 Å². The van der Waals surface area contributed by atoms with E-state index in [1.54, 1.807) is 22.8 Å². The van der Waals surface area contributed by atoms with Crippen LogP contribution in [0.15, 0.2) is 29.7 Å². The van der Waals surface area contributed by atoms with Crippen molar-refractivity contribution in [1.29, 1.82) is 0 Å². The van der Waals surface area contributed by atoms with Gasteiger partial charge in [-0.25, -0.2) is 9.97 Å². The Labute approximate surface area is 146 Å². The second-order valence-corrected chi connectivity index (χ2v) is 7.52. The molecule has 0 fully saturated rings. The first kappa shape index (κ1) is 16.4. The Kier molecular flexibility index (Phi) is 5.31. The van der Waals surface area contributed by atoms with Gasteiger partial charge in [0.15, 0.2) is 11.4 Å². The van der Waals surface area contributed by atoms with Crippen LogP contribution >= 0.6 is 35.0 Å². The van der Waals surface area contributed by atoms with Gasteiger partial charge in [-0.1, -0.05) is 23.7 Å². The molecule has 0 saturated carbocycles. The fourth-order valence-corrected chi connectivity index (χ4v) is 4.24. The maximum Gasteiger partial charge on any atom is 0.183 e. The van der Waals surface area contributed by atoms with Crippen LogP contribution < -0.4 is 4.72 Å². The molecule has 0 amide bonds. The SMILES string of the molecule is CSNCc1ccc(C(=O)CSc2ncnc3c2cnn3C)s1. The largest absolute Gasteiger partial charge is 0.292 e. The standard InChI is InChI=1S/C14H15N5OS3/c1-19-13-10(6-17-19)14(16-8-15-13)22-7-11(20)12-4-3-9(23-12)5-18-21-2/h3-4,6,8,18H,5,7H2,1-2H3. The van der Waals surface area contributed by atoms with Crippen LogP contribution in [0.25, 0.3) is 11.0 Å². The van der Waals surface area contributed by atoms with E-state index in [2.05, 4.69) is 19.8 Å². The van der Waals surface area contributed by atoms with E-state index in [-0.39, 0.29) is 5.78 Å². The number of hydrogen-bond acceptors (Lipinski definition) is 8. The Bertz CT molecular complexity index is 829. The third-order valence-electron chi connectivity index (χ3n) is 3.16. The summed E-state index contributed by atoms with van der Waals surface area (Å²) in [5.41, 5.74) is 0.775. The summed E-state index contributed by atoms with van der Waals surface area (Å²) in [6.07, 6.45) is 5.23. The number of carbonyl (C=O) groups excluding carboxylic acids is 1. The molecule has 23 heavy (non-hydrogen) atoms. The van der Waals surface area contributed by atoms with E-state index < -0.39 is 0 Å². The third-order valence-corrected chi connectivity index (χ3v) is 5.72. The molecule has 3 aromatic rings. The van der Waals surface area contributed by atoms with Crippen molar-refractivity contribution in [3.63, 3.8) is 0 Å². The highest BCUT2D eigenvalue weighted by Gasteiger charge is 2.13. The second kappa shape index (κ2) is 7.43. The van der Waals surface area contributed by atoms with Crippen molar-refractivity contribution in [2.45, 2.75) is 11.6 Å². The van der Waals surface area contributed by atoms with Gasteiger partial charge in [0.2, 0.25) is 0 Å². The van der Waals surface area contributed by atoms with Crippen LogP contribution in [0.1, 0.15) is 14.5 Å². The van der Waals surface area contributed by atoms with Gasteiger partial charge in [0.1, 0.15) is 11.4 Å². The second-order valence-electron chi connectivity index (χ2n) is 4.69. The molecule has 0 radical (unpaired) electrons. The van der Waals surface area contributed by atoms with Crippen molar-refractivity contribution < 1.29 is 4.79 Å². The van der Waals surface area contributed by atoms with Gasteiger partial charge in [-0.05, 0) is 18.4 Å². The zero-order chi connectivity index (χ0) is 16.2. The molecule has 3 heterocycles. The smallest absolute Gasteiger partial charge is 0.183 e. The van der Waals surface area contributed by atoms with Gasteiger partial charge in [-0.3, -0.25) is 14.2 Å². The minimum absolute atomic E-state index is 0.117. The van der Waals surface area contributed by atoms with Crippen LogP contribution in [0.5, 0.6) is 0 Å². The Balaban J connectivity index is 1.67. The number of thioether (sulfide) groups is 1. The van der Waals surface area contributed by atoms with Crippen LogP contribution in [0.4, 0.5) is 0 Å². The van der Waals surface area contributed by atoms with E-state index in [9.17, 15) is 4.79 Å². The predicted octanol–water partition coefficient (Wildman–Crippen LogP) is 2.77. The number of aromatic nitrogens is 4. The summed E-state index contributed by atoms with van der Waals surface area (Å²) in [4.78, 5) is 22.8. The molecular formula is C14H15N5OS3. The minimum atomic E-state index is 0.117. The van der Waals surface area contributed by atoms with Crippen molar-refractivity contribution in [1.82, 2.24) is 24.5 Å². The maximum atomic E-state index is 12.3. The summed E-state index contributed by atoms with van der Waals surface area (Å²) in [7, 11) is 1.84. The summed E-state index contributed by atoms with van der Waals surface area (Å²) in [5.74, 6) is 0.475. The summed E-state index contributed by atoms with van der Waals surface area (Å²) in [6, 6.07) is 3.89.